The summed E-state index contributed by atoms with van der Waals surface area (Å²) in [5.74, 6) is 0.348. The first-order valence-electron chi connectivity index (χ1n) is 8.30. The summed E-state index contributed by atoms with van der Waals surface area (Å²) in [7, 11) is 1.72. The van der Waals surface area contributed by atoms with Gasteiger partial charge in [0.2, 0.25) is 0 Å². The normalized spacial score (nSPS) is 12.1. The van der Waals surface area contributed by atoms with Crippen LogP contribution in [0.1, 0.15) is 45.8 Å². The fourth-order valence-corrected chi connectivity index (χ4v) is 3.69. The number of nitrogens with zero attached hydrogens (tertiary/aromatic N) is 2. The van der Waals surface area contributed by atoms with E-state index in [9.17, 15) is 4.79 Å². The molecular weight excluding hydrogens is 543 g/mol. The van der Waals surface area contributed by atoms with Gasteiger partial charge in [0.25, 0.3) is 0 Å². The van der Waals surface area contributed by atoms with E-state index in [4.69, 9.17) is 4.74 Å². The van der Waals surface area contributed by atoms with Crippen LogP contribution in [0.2, 0.25) is 0 Å². The molecule has 2 aromatic rings. The van der Waals surface area contributed by atoms with Gasteiger partial charge in [0.1, 0.15) is 9.88 Å². The zero-order valence-corrected chi connectivity index (χ0v) is 20.4. The molecule has 27 heavy (non-hydrogen) atoms. The van der Waals surface area contributed by atoms with Crippen molar-refractivity contribution in [1.82, 2.24) is 15.6 Å². The van der Waals surface area contributed by atoms with Crippen molar-refractivity contribution in [3.05, 3.63) is 49.9 Å². The Bertz CT molecular complexity index is 797. The van der Waals surface area contributed by atoms with Crippen LogP contribution in [0.25, 0.3) is 0 Å². The zero-order valence-electron chi connectivity index (χ0n) is 15.7. The van der Waals surface area contributed by atoms with Crippen LogP contribution in [0, 0.1) is 6.92 Å². The van der Waals surface area contributed by atoms with E-state index in [1.807, 2.05) is 32.0 Å². The number of nitrogens with one attached hydrogen (secondary N) is 2. The average Bonchev–Trinajstić information content (AvgIpc) is 3.00. The van der Waals surface area contributed by atoms with Gasteiger partial charge in [-0.25, -0.2) is 9.78 Å². The fourth-order valence-electron chi connectivity index (χ4n) is 2.28. The number of aromatic nitrogens is 1. The molecule has 1 aromatic heterocycles. The van der Waals surface area contributed by atoms with Crippen LogP contribution < -0.4 is 10.6 Å². The van der Waals surface area contributed by atoms with E-state index in [1.165, 1.54) is 11.3 Å². The van der Waals surface area contributed by atoms with E-state index in [0.29, 0.717) is 29.7 Å². The molecule has 0 amide bonds. The minimum atomic E-state index is -0.321. The monoisotopic (exact) mass is 566 g/mol. The van der Waals surface area contributed by atoms with Crippen LogP contribution in [0.3, 0.4) is 0 Å². The molecule has 1 atom stereocenters. The lowest BCUT2D eigenvalue weighted by atomic mass is 10.2. The fraction of sp³-hybridized carbons (Fsp3) is 0.389. The number of benzene rings is 1. The molecule has 1 aromatic carbocycles. The number of rotatable bonds is 6. The number of esters is 1. The predicted molar refractivity (Wildman–Crippen MR) is 124 cm³/mol. The standard InChI is InChI=1S/C18H23BrN4O2S.HI/c1-5-25-17(24)15-11(2)22-16(26-15)12(3)23-18(20-4)21-10-13-7-6-8-14(19)9-13;/h6-9,12H,5,10H2,1-4H3,(H2,20,21,23);1H. The average molecular weight is 567 g/mol. The number of carbonyl (C=O) groups is 1. The molecule has 9 heteroatoms. The Kier molecular flexibility index (Phi) is 10.2. The number of thiazole rings is 1. The maximum atomic E-state index is 12.0. The van der Waals surface area contributed by atoms with Gasteiger partial charge < -0.3 is 15.4 Å². The van der Waals surface area contributed by atoms with Crippen molar-refractivity contribution in [2.45, 2.75) is 33.4 Å². The summed E-state index contributed by atoms with van der Waals surface area (Å²) in [5.41, 5.74) is 1.83. The third-order valence-corrected chi connectivity index (χ3v) is 5.38. The highest BCUT2D eigenvalue weighted by atomic mass is 127. The number of guanidine groups is 1. The molecular formula is C18H24BrIN4O2S. The number of aliphatic imine (C=N–C) groups is 1. The lowest BCUT2D eigenvalue weighted by Gasteiger charge is -2.16. The minimum absolute atomic E-state index is 0. The lowest BCUT2D eigenvalue weighted by Crippen LogP contribution is -2.38. The Hall–Kier alpha value is -1.20. The first kappa shape index (κ1) is 23.8. The number of hydrogen-bond acceptors (Lipinski definition) is 5. The van der Waals surface area contributed by atoms with Crippen molar-refractivity contribution in [1.29, 1.82) is 0 Å². The smallest absolute Gasteiger partial charge is 0.350 e. The number of aryl methyl sites for hydroxylation is 1. The van der Waals surface area contributed by atoms with Gasteiger partial charge in [-0.1, -0.05) is 28.1 Å². The zero-order chi connectivity index (χ0) is 19.1. The molecule has 2 N–H and O–H groups in total. The van der Waals surface area contributed by atoms with Crippen molar-refractivity contribution in [2.75, 3.05) is 13.7 Å². The van der Waals surface area contributed by atoms with Gasteiger partial charge in [-0.05, 0) is 38.5 Å². The molecule has 0 aliphatic rings. The molecule has 6 nitrogen and oxygen atoms in total. The maximum absolute atomic E-state index is 12.0. The number of ether oxygens (including phenoxy) is 1. The van der Waals surface area contributed by atoms with E-state index in [-0.39, 0.29) is 36.0 Å². The number of halogens is 2. The second-order valence-electron chi connectivity index (χ2n) is 5.61. The lowest BCUT2D eigenvalue weighted by molar-refractivity contribution is 0.0531. The molecule has 148 valence electrons. The molecule has 1 unspecified atom stereocenters. The Balaban J connectivity index is 0.00000364. The summed E-state index contributed by atoms with van der Waals surface area (Å²) in [6, 6.07) is 8.00. The third kappa shape index (κ3) is 7.04. The van der Waals surface area contributed by atoms with Crippen molar-refractivity contribution in [3.63, 3.8) is 0 Å². The molecule has 0 saturated carbocycles. The van der Waals surface area contributed by atoms with Crippen LogP contribution >= 0.6 is 51.2 Å². The highest BCUT2D eigenvalue weighted by molar-refractivity contribution is 14.0. The van der Waals surface area contributed by atoms with Crippen LogP contribution in [0.5, 0.6) is 0 Å². The van der Waals surface area contributed by atoms with E-state index in [2.05, 4.69) is 42.6 Å². The van der Waals surface area contributed by atoms with Gasteiger partial charge in [-0.3, -0.25) is 4.99 Å². The van der Waals surface area contributed by atoms with Crippen molar-refractivity contribution in [2.24, 2.45) is 4.99 Å². The molecule has 0 bridgehead atoms. The molecule has 0 aliphatic heterocycles. The molecule has 2 rings (SSSR count). The summed E-state index contributed by atoms with van der Waals surface area (Å²) < 4.78 is 6.11. The van der Waals surface area contributed by atoms with Crippen LogP contribution in [-0.4, -0.2) is 30.6 Å². The van der Waals surface area contributed by atoms with Gasteiger partial charge in [0.05, 0.1) is 18.3 Å². The van der Waals surface area contributed by atoms with Crippen LogP contribution in [-0.2, 0) is 11.3 Å². The molecule has 0 saturated heterocycles. The Morgan fingerprint density at radius 3 is 2.81 bits per heavy atom. The molecule has 0 aliphatic carbocycles. The van der Waals surface area contributed by atoms with Gasteiger partial charge in [-0.2, -0.15) is 0 Å². The number of hydrogen-bond donors (Lipinski definition) is 2. The quantitative estimate of drug-likeness (QED) is 0.234. The summed E-state index contributed by atoms with van der Waals surface area (Å²) in [5, 5.41) is 7.40. The van der Waals surface area contributed by atoms with Crippen molar-refractivity contribution in [3.8, 4) is 0 Å². The SMILES string of the molecule is CCOC(=O)c1sc(C(C)NC(=NC)NCc2cccc(Br)c2)nc1C.I. The number of carbonyl (C=O) groups excluding carboxylic acids is 1. The minimum Gasteiger partial charge on any atom is -0.462 e. The first-order valence-corrected chi connectivity index (χ1v) is 9.91. The van der Waals surface area contributed by atoms with Gasteiger partial charge in [-0.15, -0.1) is 35.3 Å². The first-order chi connectivity index (χ1) is 12.4. The Labute approximate surface area is 189 Å². The summed E-state index contributed by atoms with van der Waals surface area (Å²) in [6.07, 6.45) is 0. The van der Waals surface area contributed by atoms with Crippen molar-refractivity contribution >= 4 is 63.2 Å². The molecule has 1 heterocycles. The van der Waals surface area contributed by atoms with E-state index < -0.39 is 0 Å². The van der Waals surface area contributed by atoms with Gasteiger partial charge in [0.15, 0.2) is 5.96 Å². The van der Waals surface area contributed by atoms with Crippen LogP contribution in [0.15, 0.2) is 33.7 Å². The molecule has 0 spiro atoms. The second-order valence-corrected chi connectivity index (χ2v) is 7.56. The van der Waals surface area contributed by atoms with E-state index >= 15 is 0 Å². The summed E-state index contributed by atoms with van der Waals surface area (Å²) >= 11 is 4.82. The summed E-state index contributed by atoms with van der Waals surface area (Å²) in [4.78, 5) is 21.3. The Morgan fingerprint density at radius 1 is 1.44 bits per heavy atom. The maximum Gasteiger partial charge on any atom is 0.350 e. The molecule has 0 fully saturated rings. The van der Waals surface area contributed by atoms with E-state index in [1.54, 1.807) is 14.0 Å². The topological polar surface area (TPSA) is 75.6 Å². The van der Waals surface area contributed by atoms with Crippen molar-refractivity contribution < 1.29 is 9.53 Å². The van der Waals surface area contributed by atoms with Gasteiger partial charge >= 0.3 is 5.97 Å². The predicted octanol–water partition coefficient (Wildman–Crippen LogP) is 4.43. The second kappa shape index (κ2) is 11.6. The van der Waals surface area contributed by atoms with Gasteiger partial charge in [0, 0.05) is 18.1 Å². The largest absolute Gasteiger partial charge is 0.462 e. The molecule has 0 radical (unpaired) electrons. The summed E-state index contributed by atoms with van der Waals surface area (Å²) in [6.45, 7) is 6.60. The Morgan fingerprint density at radius 2 is 2.19 bits per heavy atom. The highest BCUT2D eigenvalue weighted by Crippen LogP contribution is 2.24. The van der Waals surface area contributed by atoms with Crippen LogP contribution in [0.4, 0.5) is 0 Å². The third-order valence-electron chi connectivity index (χ3n) is 3.57. The highest BCUT2D eigenvalue weighted by Gasteiger charge is 2.20. The van der Waals surface area contributed by atoms with E-state index in [0.717, 1.165) is 15.0 Å².